The first-order chi connectivity index (χ1) is 13.5. The first-order valence-corrected chi connectivity index (χ1v) is 9.25. The summed E-state index contributed by atoms with van der Waals surface area (Å²) in [5, 5.41) is 15.0. The third kappa shape index (κ3) is 3.77. The molecule has 1 aliphatic rings. The minimum absolute atomic E-state index is 0.105. The molecule has 1 aliphatic carbocycles. The Labute approximate surface area is 162 Å². The number of hydrogen-bond acceptors (Lipinski definition) is 6. The van der Waals surface area contributed by atoms with Crippen LogP contribution in [-0.4, -0.2) is 44.3 Å². The zero-order valence-electron chi connectivity index (χ0n) is 16.1. The van der Waals surface area contributed by atoms with Crippen molar-refractivity contribution in [3.8, 4) is 16.9 Å². The smallest absolute Gasteiger partial charge is 0.251 e. The van der Waals surface area contributed by atoms with Crippen LogP contribution < -0.4 is 5.32 Å². The van der Waals surface area contributed by atoms with E-state index in [1.165, 1.54) is 0 Å². The maximum absolute atomic E-state index is 12.7. The van der Waals surface area contributed by atoms with E-state index in [4.69, 9.17) is 4.74 Å². The number of benzene rings is 1. The normalized spacial score (nSPS) is 14.7. The number of tetrazole rings is 1. The van der Waals surface area contributed by atoms with Crippen LogP contribution in [0.15, 0.2) is 36.5 Å². The third-order valence-corrected chi connectivity index (χ3v) is 4.76. The number of aryl methyl sites for hydroxylation is 1. The summed E-state index contributed by atoms with van der Waals surface area (Å²) in [6.07, 6.45) is 3.57. The van der Waals surface area contributed by atoms with E-state index in [0.717, 1.165) is 29.7 Å². The molecule has 0 bridgehead atoms. The average Bonchev–Trinajstić information content (AvgIpc) is 3.39. The van der Waals surface area contributed by atoms with Gasteiger partial charge in [0, 0.05) is 30.5 Å². The molecular weight excluding hydrogens is 356 g/mol. The number of methoxy groups -OCH3 is 1. The lowest BCUT2D eigenvalue weighted by Gasteiger charge is -2.13. The summed E-state index contributed by atoms with van der Waals surface area (Å²) in [5.41, 5.74) is 3.91. The fraction of sp³-hybridized carbons (Fsp3) is 0.350. The van der Waals surface area contributed by atoms with Gasteiger partial charge in [-0.15, -0.1) is 5.10 Å². The molecule has 8 heteroatoms. The van der Waals surface area contributed by atoms with E-state index >= 15 is 0 Å². The van der Waals surface area contributed by atoms with Crippen molar-refractivity contribution in [1.82, 2.24) is 30.5 Å². The van der Waals surface area contributed by atoms with Gasteiger partial charge in [-0.2, -0.15) is 4.68 Å². The van der Waals surface area contributed by atoms with Crippen LogP contribution in [0.2, 0.25) is 0 Å². The van der Waals surface area contributed by atoms with Crippen LogP contribution in [0.5, 0.6) is 0 Å². The summed E-state index contributed by atoms with van der Waals surface area (Å²) in [6.45, 7) is 3.86. The predicted octanol–water partition coefficient (Wildman–Crippen LogP) is 2.63. The van der Waals surface area contributed by atoms with Gasteiger partial charge >= 0.3 is 0 Å². The summed E-state index contributed by atoms with van der Waals surface area (Å²) in [6, 6.07) is 9.77. The zero-order valence-corrected chi connectivity index (χ0v) is 16.1. The van der Waals surface area contributed by atoms with Crippen LogP contribution in [0.3, 0.4) is 0 Å². The van der Waals surface area contributed by atoms with Gasteiger partial charge in [-0.05, 0) is 66.9 Å². The SMILES string of the molecule is COC(C)c1nnnn1-c1cc(C(=O)NC2CC2)cc(-c2ccc(C)cn2)c1. The molecule has 28 heavy (non-hydrogen) atoms. The monoisotopic (exact) mass is 378 g/mol. The van der Waals surface area contributed by atoms with Crippen molar-refractivity contribution < 1.29 is 9.53 Å². The lowest BCUT2D eigenvalue weighted by atomic mass is 10.0. The Bertz CT molecular complexity index is 994. The molecule has 0 saturated heterocycles. The Morgan fingerprint density at radius 1 is 1.29 bits per heavy atom. The van der Waals surface area contributed by atoms with Crippen molar-refractivity contribution in [2.24, 2.45) is 0 Å². The van der Waals surface area contributed by atoms with Crippen LogP contribution in [-0.2, 0) is 4.74 Å². The van der Waals surface area contributed by atoms with E-state index in [-0.39, 0.29) is 18.1 Å². The van der Waals surface area contributed by atoms with E-state index in [1.54, 1.807) is 24.1 Å². The largest absolute Gasteiger partial charge is 0.374 e. The number of nitrogens with one attached hydrogen (secondary N) is 1. The molecule has 1 saturated carbocycles. The second kappa shape index (κ2) is 7.47. The molecule has 1 fully saturated rings. The number of rotatable bonds is 6. The highest BCUT2D eigenvalue weighted by Gasteiger charge is 2.25. The van der Waals surface area contributed by atoms with E-state index in [2.05, 4.69) is 25.8 Å². The molecule has 3 aromatic rings. The molecule has 1 amide bonds. The quantitative estimate of drug-likeness (QED) is 0.708. The van der Waals surface area contributed by atoms with Gasteiger partial charge in [-0.3, -0.25) is 9.78 Å². The number of ether oxygens (including phenoxy) is 1. The summed E-state index contributed by atoms with van der Waals surface area (Å²) >= 11 is 0. The second-order valence-corrected chi connectivity index (χ2v) is 7.06. The molecule has 1 aromatic carbocycles. The van der Waals surface area contributed by atoms with Gasteiger partial charge in [-0.1, -0.05) is 6.07 Å². The maximum Gasteiger partial charge on any atom is 0.251 e. The number of carbonyl (C=O) groups excluding carboxylic acids is 1. The highest BCUT2D eigenvalue weighted by molar-refractivity contribution is 5.96. The Kier molecular flexibility index (Phi) is 4.87. The van der Waals surface area contributed by atoms with Crippen LogP contribution in [0.4, 0.5) is 0 Å². The van der Waals surface area contributed by atoms with Gasteiger partial charge < -0.3 is 10.1 Å². The summed E-state index contributed by atoms with van der Waals surface area (Å²) < 4.78 is 6.97. The minimum atomic E-state index is -0.292. The molecule has 2 heterocycles. The van der Waals surface area contributed by atoms with Gasteiger partial charge in [0.2, 0.25) is 0 Å². The first kappa shape index (κ1) is 18.2. The number of hydrogen-bond donors (Lipinski definition) is 1. The number of amides is 1. The van der Waals surface area contributed by atoms with Crippen molar-refractivity contribution in [3.05, 3.63) is 53.5 Å². The predicted molar refractivity (Wildman–Crippen MR) is 103 cm³/mol. The zero-order chi connectivity index (χ0) is 19.7. The molecule has 1 unspecified atom stereocenters. The van der Waals surface area contributed by atoms with E-state index in [9.17, 15) is 4.79 Å². The van der Waals surface area contributed by atoms with Gasteiger partial charge in [-0.25, -0.2) is 0 Å². The van der Waals surface area contributed by atoms with E-state index < -0.39 is 0 Å². The minimum Gasteiger partial charge on any atom is -0.374 e. The summed E-state index contributed by atoms with van der Waals surface area (Å²) in [5.74, 6) is 0.456. The number of pyridine rings is 1. The van der Waals surface area contributed by atoms with Crippen LogP contribution in [0.25, 0.3) is 16.9 Å². The fourth-order valence-electron chi connectivity index (χ4n) is 2.88. The van der Waals surface area contributed by atoms with Crippen molar-refractivity contribution in [1.29, 1.82) is 0 Å². The molecule has 8 nitrogen and oxygen atoms in total. The van der Waals surface area contributed by atoms with E-state index in [0.29, 0.717) is 17.1 Å². The fourth-order valence-corrected chi connectivity index (χ4v) is 2.88. The average molecular weight is 378 g/mol. The number of nitrogens with zero attached hydrogens (tertiary/aromatic N) is 5. The molecule has 4 rings (SSSR count). The topological polar surface area (TPSA) is 94.8 Å². The van der Waals surface area contributed by atoms with Gasteiger partial charge in [0.05, 0.1) is 11.4 Å². The highest BCUT2D eigenvalue weighted by atomic mass is 16.5. The lowest BCUT2D eigenvalue weighted by Crippen LogP contribution is -2.25. The number of aromatic nitrogens is 5. The number of carbonyl (C=O) groups is 1. The Balaban J connectivity index is 1.81. The standard InChI is InChI=1S/C20H22N6O2/c1-12-4-7-18(21-11-12)14-8-15(20(27)22-16-5-6-16)10-17(9-14)26-19(13(2)28-3)23-24-25-26/h4,7-11,13,16H,5-6H2,1-3H3,(H,22,27). The maximum atomic E-state index is 12.7. The Morgan fingerprint density at radius 3 is 2.79 bits per heavy atom. The Hall–Kier alpha value is -3.13. The first-order valence-electron chi connectivity index (χ1n) is 9.25. The summed E-state index contributed by atoms with van der Waals surface area (Å²) in [7, 11) is 1.60. The van der Waals surface area contributed by atoms with Gasteiger partial charge in [0.15, 0.2) is 5.82 Å². The molecule has 1 N–H and O–H groups in total. The van der Waals surface area contributed by atoms with Gasteiger partial charge in [0.25, 0.3) is 5.91 Å². The van der Waals surface area contributed by atoms with Crippen molar-refractivity contribution >= 4 is 5.91 Å². The van der Waals surface area contributed by atoms with Crippen LogP contribution >= 0.6 is 0 Å². The molecule has 0 spiro atoms. The molecule has 0 radical (unpaired) electrons. The van der Waals surface area contributed by atoms with Crippen molar-refractivity contribution in [2.45, 2.75) is 38.8 Å². The molecular formula is C20H22N6O2. The van der Waals surface area contributed by atoms with Crippen molar-refractivity contribution in [3.63, 3.8) is 0 Å². The lowest BCUT2D eigenvalue weighted by molar-refractivity contribution is 0.0951. The van der Waals surface area contributed by atoms with Crippen molar-refractivity contribution in [2.75, 3.05) is 7.11 Å². The molecule has 2 aromatic heterocycles. The van der Waals surface area contributed by atoms with Crippen LogP contribution in [0, 0.1) is 6.92 Å². The highest BCUT2D eigenvalue weighted by Crippen LogP contribution is 2.26. The van der Waals surface area contributed by atoms with Crippen LogP contribution in [0.1, 0.15) is 47.6 Å². The second-order valence-electron chi connectivity index (χ2n) is 7.06. The molecule has 1 atom stereocenters. The summed E-state index contributed by atoms with van der Waals surface area (Å²) in [4.78, 5) is 17.2. The van der Waals surface area contributed by atoms with E-state index in [1.807, 2.05) is 38.1 Å². The van der Waals surface area contributed by atoms with Gasteiger partial charge in [0.1, 0.15) is 6.10 Å². The third-order valence-electron chi connectivity index (χ3n) is 4.76. The molecule has 0 aliphatic heterocycles. The Morgan fingerprint density at radius 2 is 2.11 bits per heavy atom. The molecule has 144 valence electrons.